The molecule has 0 saturated carbocycles. The quantitative estimate of drug-likeness (QED) is 0.919. The van der Waals surface area contributed by atoms with E-state index < -0.39 is 0 Å². The third kappa shape index (κ3) is 3.42. The average Bonchev–Trinajstić information content (AvgIpc) is 3.00. The summed E-state index contributed by atoms with van der Waals surface area (Å²) in [5.41, 5.74) is 2.31. The highest BCUT2D eigenvalue weighted by Crippen LogP contribution is 2.19. The zero-order valence-corrected chi connectivity index (χ0v) is 14.1. The number of nitrogens with zero attached hydrogens (tertiary/aromatic N) is 5. The van der Waals surface area contributed by atoms with Crippen molar-refractivity contribution in [2.75, 3.05) is 25.0 Å². The number of nitrogens with one attached hydrogen (secondary N) is 1. The Labute approximate surface area is 142 Å². The standard InChI is InChI=1S/C17H24N6O/c1-13-8-16(20-12-19-13)21-14-2-4-22(5-3-14)10-15-9-18-17-11-24-7-6-23(15)17/h8-9,12,14H,2-7,10-11H2,1H3,(H,19,20,21). The first-order chi connectivity index (χ1) is 11.8. The molecule has 1 saturated heterocycles. The van der Waals surface area contributed by atoms with Gasteiger partial charge in [0.1, 0.15) is 24.6 Å². The molecule has 2 aromatic heterocycles. The molecular weight excluding hydrogens is 304 g/mol. The molecule has 2 aliphatic heterocycles. The van der Waals surface area contributed by atoms with Crippen LogP contribution in [0, 0.1) is 6.92 Å². The molecular formula is C17H24N6O. The Kier molecular flexibility index (Phi) is 4.44. The fourth-order valence-electron chi connectivity index (χ4n) is 3.49. The van der Waals surface area contributed by atoms with E-state index in [0.29, 0.717) is 12.6 Å². The lowest BCUT2D eigenvalue weighted by atomic mass is 10.0. The number of hydrogen-bond donors (Lipinski definition) is 1. The second-order valence-corrected chi connectivity index (χ2v) is 6.61. The molecule has 4 heterocycles. The van der Waals surface area contributed by atoms with Crippen LogP contribution in [-0.4, -0.2) is 50.2 Å². The molecule has 0 spiro atoms. The van der Waals surface area contributed by atoms with Gasteiger partial charge in [0.25, 0.3) is 0 Å². The average molecular weight is 328 g/mol. The van der Waals surface area contributed by atoms with Crippen LogP contribution in [0.4, 0.5) is 5.82 Å². The fourth-order valence-corrected chi connectivity index (χ4v) is 3.49. The molecule has 2 aromatic rings. The van der Waals surface area contributed by atoms with Crippen molar-refractivity contribution < 1.29 is 4.74 Å². The maximum atomic E-state index is 5.46. The van der Waals surface area contributed by atoms with Gasteiger partial charge in [-0.2, -0.15) is 0 Å². The Bertz CT molecular complexity index is 692. The van der Waals surface area contributed by atoms with Gasteiger partial charge in [0.05, 0.1) is 12.3 Å². The molecule has 0 aliphatic carbocycles. The van der Waals surface area contributed by atoms with Crippen LogP contribution < -0.4 is 5.32 Å². The molecule has 7 heteroatoms. The van der Waals surface area contributed by atoms with Crippen LogP contribution >= 0.6 is 0 Å². The van der Waals surface area contributed by atoms with Crippen molar-refractivity contribution in [2.45, 2.75) is 45.5 Å². The minimum absolute atomic E-state index is 0.489. The van der Waals surface area contributed by atoms with Crippen LogP contribution in [0.1, 0.15) is 30.1 Å². The van der Waals surface area contributed by atoms with E-state index in [1.807, 2.05) is 19.2 Å². The largest absolute Gasteiger partial charge is 0.372 e. The Morgan fingerprint density at radius 1 is 1.21 bits per heavy atom. The first kappa shape index (κ1) is 15.5. The SMILES string of the molecule is Cc1cc(NC2CCN(Cc3cnc4n3CCOC4)CC2)ncn1. The number of aromatic nitrogens is 4. The number of imidazole rings is 1. The van der Waals surface area contributed by atoms with Gasteiger partial charge < -0.3 is 14.6 Å². The second kappa shape index (κ2) is 6.86. The lowest BCUT2D eigenvalue weighted by Gasteiger charge is -2.32. The maximum Gasteiger partial charge on any atom is 0.135 e. The lowest BCUT2D eigenvalue weighted by molar-refractivity contribution is 0.0792. The van der Waals surface area contributed by atoms with Crippen molar-refractivity contribution in [3.8, 4) is 0 Å². The number of hydrogen-bond acceptors (Lipinski definition) is 6. The van der Waals surface area contributed by atoms with Crippen molar-refractivity contribution in [2.24, 2.45) is 0 Å². The van der Waals surface area contributed by atoms with Crippen LogP contribution in [0.25, 0.3) is 0 Å². The van der Waals surface area contributed by atoms with E-state index in [4.69, 9.17) is 4.74 Å². The molecule has 0 atom stereocenters. The third-order valence-electron chi connectivity index (χ3n) is 4.84. The summed E-state index contributed by atoms with van der Waals surface area (Å²) < 4.78 is 7.78. The van der Waals surface area contributed by atoms with E-state index in [-0.39, 0.29) is 0 Å². The third-order valence-corrected chi connectivity index (χ3v) is 4.84. The van der Waals surface area contributed by atoms with Crippen LogP contribution in [0.5, 0.6) is 0 Å². The zero-order valence-electron chi connectivity index (χ0n) is 14.1. The summed E-state index contributed by atoms with van der Waals surface area (Å²) in [4.78, 5) is 15.5. The molecule has 2 aliphatic rings. The van der Waals surface area contributed by atoms with Gasteiger partial charge in [-0.05, 0) is 19.8 Å². The molecule has 1 N–H and O–H groups in total. The molecule has 4 rings (SSSR count). The topological polar surface area (TPSA) is 68.1 Å². The minimum atomic E-state index is 0.489. The number of likely N-dealkylation sites (tertiary alicyclic amines) is 1. The van der Waals surface area contributed by atoms with E-state index in [0.717, 1.165) is 63.0 Å². The smallest absolute Gasteiger partial charge is 0.135 e. The molecule has 0 aromatic carbocycles. The predicted molar refractivity (Wildman–Crippen MR) is 90.6 cm³/mol. The summed E-state index contributed by atoms with van der Waals surface area (Å²) in [7, 11) is 0. The molecule has 128 valence electrons. The van der Waals surface area contributed by atoms with Crippen molar-refractivity contribution in [1.82, 2.24) is 24.4 Å². The van der Waals surface area contributed by atoms with Gasteiger partial charge >= 0.3 is 0 Å². The molecule has 0 bridgehead atoms. The van der Waals surface area contributed by atoms with Crippen LogP contribution in [0.15, 0.2) is 18.6 Å². The van der Waals surface area contributed by atoms with Crippen molar-refractivity contribution in [3.63, 3.8) is 0 Å². The molecule has 1 fully saturated rings. The minimum Gasteiger partial charge on any atom is -0.372 e. The van der Waals surface area contributed by atoms with Crippen molar-refractivity contribution in [3.05, 3.63) is 35.8 Å². The van der Waals surface area contributed by atoms with Gasteiger partial charge in [0, 0.05) is 50.2 Å². The van der Waals surface area contributed by atoms with Crippen LogP contribution in [0.3, 0.4) is 0 Å². The monoisotopic (exact) mass is 328 g/mol. The summed E-state index contributed by atoms with van der Waals surface area (Å²) in [5, 5.41) is 3.54. The van der Waals surface area contributed by atoms with Gasteiger partial charge in [-0.25, -0.2) is 15.0 Å². The van der Waals surface area contributed by atoms with Gasteiger partial charge in [0.15, 0.2) is 0 Å². The predicted octanol–water partition coefficient (Wildman–Crippen LogP) is 1.59. The number of anilines is 1. The van der Waals surface area contributed by atoms with Crippen molar-refractivity contribution >= 4 is 5.82 Å². The first-order valence-corrected chi connectivity index (χ1v) is 8.66. The first-order valence-electron chi connectivity index (χ1n) is 8.66. The maximum absolute atomic E-state index is 5.46. The fraction of sp³-hybridized carbons (Fsp3) is 0.588. The van der Waals surface area contributed by atoms with Gasteiger partial charge in [0.2, 0.25) is 0 Å². The van der Waals surface area contributed by atoms with Gasteiger partial charge in [-0.1, -0.05) is 0 Å². The summed E-state index contributed by atoms with van der Waals surface area (Å²) in [5.74, 6) is 2.00. The highest BCUT2D eigenvalue weighted by molar-refractivity contribution is 5.35. The molecule has 7 nitrogen and oxygen atoms in total. The van der Waals surface area contributed by atoms with Crippen LogP contribution in [0.2, 0.25) is 0 Å². The van der Waals surface area contributed by atoms with Gasteiger partial charge in [-0.3, -0.25) is 4.90 Å². The Morgan fingerprint density at radius 3 is 2.92 bits per heavy atom. The number of ether oxygens (including phenoxy) is 1. The number of piperidine rings is 1. The van der Waals surface area contributed by atoms with E-state index in [2.05, 4.69) is 29.7 Å². The normalized spacial score (nSPS) is 19.2. The lowest BCUT2D eigenvalue weighted by Crippen LogP contribution is -2.39. The van der Waals surface area contributed by atoms with E-state index >= 15 is 0 Å². The van der Waals surface area contributed by atoms with E-state index in [9.17, 15) is 0 Å². The summed E-state index contributed by atoms with van der Waals surface area (Å²) in [6.07, 6.45) is 5.90. The summed E-state index contributed by atoms with van der Waals surface area (Å²) >= 11 is 0. The Morgan fingerprint density at radius 2 is 2.08 bits per heavy atom. The number of aryl methyl sites for hydroxylation is 1. The summed E-state index contributed by atoms with van der Waals surface area (Å²) in [6, 6.07) is 2.50. The van der Waals surface area contributed by atoms with E-state index in [1.54, 1.807) is 6.33 Å². The number of rotatable bonds is 4. The highest BCUT2D eigenvalue weighted by Gasteiger charge is 2.22. The van der Waals surface area contributed by atoms with Crippen LogP contribution in [-0.2, 0) is 24.4 Å². The van der Waals surface area contributed by atoms with Crippen molar-refractivity contribution in [1.29, 1.82) is 0 Å². The van der Waals surface area contributed by atoms with E-state index in [1.165, 1.54) is 5.69 Å². The zero-order chi connectivity index (χ0) is 16.4. The number of fused-ring (bicyclic) bond motifs is 1. The second-order valence-electron chi connectivity index (χ2n) is 6.61. The molecule has 0 unspecified atom stereocenters. The Balaban J connectivity index is 1.31. The highest BCUT2D eigenvalue weighted by atomic mass is 16.5. The van der Waals surface area contributed by atoms with Gasteiger partial charge in [-0.15, -0.1) is 0 Å². The molecule has 24 heavy (non-hydrogen) atoms. The molecule has 0 amide bonds. The Hall–Kier alpha value is -1.99. The molecule has 0 radical (unpaired) electrons. The summed E-state index contributed by atoms with van der Waals surface area (Å²) in [6.45, 7) is 7.53.